The summed E-state index contributed by atoms with van der Waals surface area (Å²) in [6, 6.07) is 0. The SMILES string of the molecule is CC1(C)C(O)CC[C@@]2(C)C1CC[C@@]13C=C[C@](C)(CCC12)C3. The van der Waals surface area contributed by atoms with E-state index in [0.29, 0.717) is 22.2 Å². The molecular weight excluding hydrogens is 256 g/mol. The summed E-state index contributed by atoms with van der Waals surface area (Å²) in [5.74, 6) is 1.55. The van der Waals surface area contributed by atoms with Crippen LogP contribution in [-0.2, 0) is 0 Å². The normalized spacial score (nSPS) is 57.7. The first kappa shape index (κ1) is 14.3. The zero-order valence-corrected chi connectivity index (χ0v) is 14.3. The standard InChI is InChI=1S/C20H32O/c1-17(2)14-6-10-20-12-11-18(3,13-20)8-5-15(20)19(14,4)9-7-16(17)21/h11-12,14-16,21H,5-10,13H2,1-4H3/t14?,15?,16?,18-,19-,20-/m0/s1. The average Bonchev–Trinajstić information content (AvgIpc) is 2.65. The van der Waals surface area contributed by atoms with Crippen molar-refractivity contribution >= 4 is 0 Å². The van der Waals surface area contributed by atoms with Gasteiger partial charge in [0.2, 0.25) is 0 Å². The van der Waals surface area contributed by atoms with Gasteiger partial charge in [-0.2, -0.15) is 0 Å². The van der Waals surface area contributed by atoms with Gasteiger partial charge in [0.1, 0.15) is 0 Å². The summed E-state index contributed by atoms with van der Waals surface area (Å²) in [7, 11) is 0. The van der Waals surface area contributed by atoms with E-state index in [0.717, 1.165) is 12.3 Å². The van der Waals surface area contributed by atoms with Crippen LogP contribution in [0.25, 0.3) is 0 Å². The highest BCUT2D eigenvalue weighted by atomic mass is 16.3. The van der Waals surface area contributed by atoms with Crippen molar-refractivity contribution in [2.24, 2.45) is 33.5 Å². The summed E-state index contributed by atoms with van der Waals surface area (Å²) >= 11 is 0. The lowest BCUT2D eigenvalue weighted by molar-refractivity contribution is -0.176. The Bertz CT molecular complexity index is 492. The number of hydrogen-bond donors (Lipinski definition) is 1. The third-order valence-electron chi connectivity index (χ3n) is 8.45. The van der Waals surface area contributed by atoms with Crippen LogP contribution in [0.15, 0.2) is 12.2 Å². The molecule has 118 valence electrons. The molecular formula is C20H32O. The van der Waals surface area contributed by atoms with E-state index >= 15 is 0 Å². The second-order valence-corrected chi connectivity index (χ2v) is 9.96. The van der Waals surface area contributed by atoms with Crippen LogP contribution in [0.3, 0.4) is 0 Å². The summed E-state index contributed by atoms with van der Waals surface area (Å²) in [6.45, 7) is 9.70. The Hall–Kier alpha value is -0.300. The Morgan fingerprint density at radius 1 is 0.857 bits per heavy atom. The van der Waals surface area contributed by atoms with Gasteiger partial charge in [-0.25, -0.2) is 0 Å². The second kappa shape index (κ2) is 3.96. The summed E-state index contributed by atoms with van der Waals surface area (Å²) in [6.07, 6.45) is 14.2. The third kappa shape index (κ3) is 1.68. The average molecular weight is 288 g/mol. The molecule has 3 unspecified atom stereocenters. The first-order valence-electron chi connectivity index (χ1n) is 9.10. The molecule has 4 rings (SSSR count). The van der Waals surface area contributed by atoms with Crippen LogP contribution in [0.5, 0.6) is 0 Å². The molecule has 0 aliphatic heterocycles. The minimum atomic E-state index is -0.0994. The smallest absolute Gasteiger partial charge is 0.0594 e. The van der Waals surface area contributed by atoms with Crippen LogP contribution < -0.4 is 0 Å². The predicted molar refractivity (Wildman–Crippen MR) is 86.9 cm³/mol. The fourth-order valence-electron chi connectivity index (χ4n) is 7.35. The number of rotatable bonds is 0. The maximum atomic E-state index is 10.5. The van der Waals surface area contributed by atoms with Gasteiger partial charge in [-0.05, 0) is 78.4 Å². The lowest BCUT2D eigenvalue weighted by Crippen LogP contribution is -2.59. The van der Waals surface area contributed by atoms with Gasteiger partial charge in [0.25, 0.3) is 0 Å². The number of allylic oxidation sites excluding steroid dienone is 2. The topological polar surface area (TPSA) is 20.2 Å². The highest BCUT2D eigenvalue weighted by Crippen LogP contribution is 2.71. The number of aliphatic hydroxyl groups excluding tert-OH is 1. The lowest BCUT2D eigenvalue weighted by atomic mass is 9.40. The molecule has 0 aromatic carbocycles. The fraction of sp³-hybridized carbons (Fsp3) is 0.900. The number of fused-ring (bicyclic) bond motifs is 3. The van der Waals surface area contributed by atoms with E-state index in [2.05, 4.69) is 39.8 Å². The van der Waals surface area contributed by atoms with Crippen LogP contribution in [0.1, 0.15) is 72.6 Å². The van der Waals surface area contributed by atoms with Gasteiger partial charge < -0.3 is 5.11 Å². The number of aliphatic hydroxyl groups is 1. The molecule has 3 fully saturated rings. The minimum absolute atomic E-state index is 0.0949. The van der Waals surface area contributed by atoms with Gasteiger partial charge in [-0.1, -0.05) is 39.8 Å². The van der Waals surface area contributed by atoms with E-state index in [1.807, 2.05) is 0 Å². The van der Waals surface area contributed by atoms with E-state index < -0.39 is 0 Å². The van der Waals surface area contributed by atoms with Crippen molar-refractivity contribution in [1.82, 2.24) is 0 Å². The molecule has 1 spiro atoms. The first-order valence-corrected chi connectivity index (χ1v) is 9.10. The molecule has 3 saturated carbocycles. The Balaban J connectivity index is 1.74. The van der Waals surface area contributed by atoms with Crippen molar-refractivity contribution < 1.29 is 5.11 Å². The molecule has 1 N–H and O–H groups in total. The van der Waals surface area contributed by atoms with E-state index in [-0.39, 0.29) is 11.5 Å². The molecule has 4 aliphatic carbocycles. The third-order valence-corrected chi connectivity index (χ3v) is 8.45. The van der Waals surface area contributed by atoms with Gasteiger partial charge in [0.05, 0.1) is 6.10 Å². The molecule has 0 radical (unpaired) electrons. The molecule has 1 heteroatoms. The molecule has 4 aliphatic rings. The highest BCUT2D eigenvalue weighted by Gasteiger charge is 2.64. The van der Waals surface area contributed by atoms with E-state index in [9.17, 15) is 5.11 Å². The van der Waals surface area contributed by atoms with E-state index in [1.165, 1.54) is 38.5 Å². The predicted octanol–water partition coefficient (Wildman–Crippen LogP) is 4.95. The summed E-state index contributed by atoms with van der Waals surface area (Å²) in [4.78, 5) is 0. The lowest BCUT2D eigenvalue weighted by Gasteiger charge is -2.65. The van der Waals surface area contributed by atoms with Crippen LogP contribution in [0.2, 0.25) is 0 Å². The highest BCUT2D eigenvalue weighted by molar-refractivity contribution is 5.25. The van der Waals surface area contributed by atoms with Crippen LogP contribution in [0, 0.1) is 33.5 Å². The van der Waals surface area contributed by atoms with Crippen molar-refractivity contribution in [2.45, 2.75) is 78.7 Å². The molecule has 0 amide bonds. The maximum absolute atomic E-state index is 10.5. The molecule has 0 saturated heterocycles. The largest absolute Gasteiger partial charge is 0.393 e. The second-order valence-electron chi connectivity index (χ2n) is 9.96. The molecule has 1 nitrogen and oxygen atoms in total. The molecule has 0 heterocycles. The minimum Gasteiger partial charge on any atom is -0.393 e. The van der Waals surface area contributed by atoms with Crippen molar-refractivity contribution in [1.29, 1.82) is 0 Å². The van der Waals surface area contributed by atoms with Gasteiger partial charge in [0.15, 0.2) is 0 Å². The van der Waals surface area contributed by atoms with Gasteiger partial charge in [-0.3, -0.25) is 0 Å². The van der Waals surface area contributed by atoms with Crippen molar-refractivity contribution in [3.63, 3.8) is 0 Å². The monoisotopic (exact) mass is 288 g/mol. The van der Waals surface area contributed by atoms with Crippen molar-refractivity contribution in [3.05, 3.63) is 12.2 Å². The molecule has 21 heavy (non-hydrogen) atoms. The Kier molecular flexibility index (Phi) is 2.70. The Morgan fingerprint density at radius 3 is 2.33 bits per heavy atom. The molecule has 6 atom stereocenters. The maximum Gasteiger partial charge on any atom is 0.0594 e. The van der Waals surface area contributed by atoms with Crippen LogP contribution in [0.4, 0.5) is 0 Å². The van der Waals surface area contributed by atoms with Gasteiger partial charge in [-0.15, -0.1) is 0 Å². The van der Waals surface area contributed by atoms with E-state index in [1.54, 1.807) is 0 Å². The zero-order valence-electron chi connectivity index (χ0n) is 14.3. The van der Waals surface area contributed by atoms with Gasteiger partial charge in [0, 0.05) is 0 Å². The zero-order chi connectivity index (χ0) is 15.1. The Morgan fingerprint density at radius 2 is 1.57 bits per heavy atom. The molecule has 2 bridgehead atoms. The molecule has 0 aromatic rings. The quantitative estimate of drug-likeness (QED) is 0.626. The summed E-state index contributed by atoms with van der Waals surface area (Å²) in [5.41, 5.74) is 1.52. The fourth-order valence-corrected chi connectivity index (χ4v) is 7.35. The first-order chi connectivity index (χ1) is 9.72. The summed E-state index contributed by atoms with van der Waals surface area (Å²) < 4.78 is 0. The van der Waals surface area contributed by atoms with Gasteiger partial charge >= 0.3 is 0 Å². The molecule has 0 aromatic heterocycles. The summed E-state index contributed by atoms with van der Waals surface area (Å²) in [5, 5.41) is 10.5. The van der Waals surface area contributed by atoms with Crippen LogP contribution >= 0.6 is 0 Å². The van der Waals surface area contributed by atoms with Crippen LogP contribution in [-0.4, -0.2) is 11.2 Å². The van der Waals surface area contributed by atoms with E-state index in [4.69, 9.17) is 0 Å². The van der Waals surface area contributed by atoms with Crippen molar-refractivity contribution in [3.8, 4) is 0 Å². The van der Waals surface area contributed by atoms with Crippen molar-refractivity contribution in [2.75, 3.05) is 0 Å². The number of hydrogen-bond acceptors (Lipinski definition) is 1. The Labute approximate surface area is 130 Å².